The molecule has 1 atom stereocenters. The Morgan fingerprint density at radius 2 is 1.49 bits per heavy atom. The van der Waals surface area contributed by atoms with Crippen LogP contribution in [-0.2, 0) is 34.8 Å². The van der Waals surface area contributed by atoms with Gasteiger partial charge >= 0.3 is 25.5 Å². The molecule has 0 saturated heterocycles. The summed E-state index contributed by atoms with van der Waals surface area (Å²) in [6.45, 7) is 2.86. The lowest BCUT2D eigenvalue weighted by molar-refractivity contribution is -0.149. The van der Waals surface area contributed by atoms with Crippen molar-refractivity contribution in [3.05, 3.63) is 54.1 Å². The van der Waals surface area contributed by atoms with E-state index in [4.69, 9.17) is 14.2 Å². The molecular weight excluding hydrogens is 505 g/mol. The molecule has 0 unspecified atom stereocenters. The van der Waals surface area contributed by atoms with Gasteiger partial charge in [0.05, 0.1) is 33.2 Å². The van der Waals surface area contributed by atoms with Gasteiger partial charge in [0, 0.05) is 5.56 Å². The Kier molecular flexibility index (Phi) is 10.8. The maximum Gasteiger partial charge on any atom is 0.346 e. The van der Waals surface area contributed by atoms with Gasteiger partial charge in [0.25, 0.3) is 0 Å². The lowest BCUT2D eigenvalue weighted by atomic mass is 9.99. The summed E-state index contributed by atoms with van der Waals surface area (Å²) in [6.07, 6.45) is -2.09. The fraction of sp³-hybridized carbons (Fsp3) is 0.400. The SMILES string of the molecule is CCOC(=O)CC(CC(=O)OCC)(N[C@@H](Cc1ccc(-c2ccccc2OC)cc1)C(=O)O)P(=O)(O)O. The van der Waals surface area contributed by atoms with E-state index < -0.39 is 49.7 Å². The molecule has 0 aliphatic heterocycles. The number of carboxylic acids is 1. The first-order valence-electron chi connectivity index (χ1n) is 11.6. The van der Waals surface area contributed by atoms with Crippen LogP contribution in [0.4, 0.5) is 0 Å². The first-order valence-corrected chi connectivity index (χ1v) is 13.2. The summed E-state index contributed by atoms with van der Waals surface area (Å²) >= 11 is 0. The third kappa shape index (κ3) is 8.13. The van der Waals surface area contributed by atoms with Crippen LogP contribution in [0, 0.1) is 0 Å². The summed E-state index contributed by atoms with van der Waals surface area (Å²) < 4.78 is 27.7. The zero-order chi connectivity index (χ0) is 27.6. The molecule has 2 aromatic rings. The van der Waals surface area contributed by atoms with Crippen molar-refractivity contribution in [3.63, 3.8) is 0 Å². The van der Waals surface area contributed by atoms with E-state index in [0.717, 1.165) is 11.1 Å². The molecule has 0 heterocycles. The number of nitrogens with one attached hydrogen (secondary N) is 1. The highest BCUT2D eigenvalue weighted by Gasteiger charge is 2.52. The fourth-order valence-electron chi connectivity index (χ4n) is 3.82. The van der Waals surface area contributed by atoms with Gasteiger partial charge < -0.3 is 29.1 Å². The topological polar surface area (TPSA) is 169 Å². The molecular formula is C25H32NO10P. The molecule has 202 valence electrons. The molecule has 0 spiro atoms. The number of carbonyl (C=O) groups excluding carboxylic acids is 2. The van der Waals surface area contributed by atoms with E-state index >= 15 is 0 Å². The molecule has 11 nitrogen and oxygen atoms in total. The molecule has 0 aromatic heterocycles. The van der Waals surface area contributed by atoms with Gasteiger partial charge in [-0.05, 0) is 37.5 Å². The number of rotatable bonds is 14. The van der Waals surface area contributed by atoms with Gasteiger partial charge in [0.2, 0.25) is 0 Å². The quantitative estimate of drug-likeness (QED) is 0.206. The van der Waals surface area contributed by atoms with E-state index in [-0.39, 0.29) is 19.6 Å². The number of esters is 2. The van der Waals surface area contributed by atoms with Crippen molar-refractivity contribution in [1.29, 1.82) is 0 Å². The van der Waals surface area contributed by atoms with Crippen LogP contribution in [0.5, 0.6) is 5.75 Å². The van der Waals surface area contributed by atoms with E-state index in [1.54, 1.807) is 31.4 Å². The third-order valence-corrected chi connectivity index (χ3v) is 7.16. The zero-order valence-corrected chi connectivity index (χ0v) is 21.8. The van der Waals surface area contributed by atoms with E-state index in [1.165, 1.54) is 13.8 Å². The maximum absolute atomic E-state index is 12.6. The minimum atomic E-state index is -5.31. The Hall–Kier alpha value is -3.24. The van der Waals surface area contributed by atoms with Gasteiger partial charge in [0.15, 0.2) is 0 Å². The van der Waals surface area contributed by atoms with E-state index in [9.17, 15) is 33.8 Å². The maximum atomic E-state index is 12.6. The van der Waals surface area contributed by atoms with Gasteiger partial charge in [-0.1, -0.05) is 42.5 Å². The van der Waals surface area contributed by atoms with Crippen LogP contribution in [0.15, 0.2) is 48.5 Å². The van der Waals surface area contributed by atoms with Crippen LogP contribution in [0.1, 0.15) is 32.3 Å². The Balaban J connectivity index is 2.39. The fourth-order valence-corrected chi connectivity index (χ4v) is 4.81. The molecule has 0 saturated carbocycles. The second-order valence-electron chi connectivity index (χ2n) is 8.18. The molecule has 0 radical (unpaired) electrons. The van der Waals surface area contributed by atoms with Gasteiger partial charge in [0.1, 0.15) is 17.1 Å². The third-order valence-electron chi connectivity index (χ3n) is 5.59. The highest BCUT2D eigenvalue weighted by molar-refractivity contribution is 7.53. The normalized spacial score (nSPS) is 12.5. The first-order chi connectivity index (χ1) is 17.5. The summed E-state index contributed by atoms with van der Waals surface area (Å²) in [5.74, 6) is -2.79. The monoisotopic (exact) mass is 537 g/mol. The summed E-state index contributed by atoms with van der Waals surface area (Å²) in [4.78, 5) is 57.1. The van der Waals surface area contributed by atoms with Crippen molar-refractivity contribution in [1.82, 2.24) is 5.32 Å². The smallest absolute Gasteiger partial charge is 0.346 e. The van der Waals surface area contributed by atoms with Crippen LogP contribution in [-0.4, -0.2) is 64.4 Å². The van der Waals surface area contributed by atoms with Crippen molar-refractivity contribution < 1.29 is 48.1 Å². The number of carbonyl (C=O) groups is 3. The Morgan fingerprint density at radius 1 is 0.946 bits per heavy atom. The second kappa shape index (κ2) is 13.3. The van der Waals surface area contributed by atoms with E-state index in [2.05, 4.69) is 5.32 Å². The van der Waals surface area contributed by atoms with Crippen LogP contribution in [0.25, 0.3) is 11.1 Å². The van der Waals surface area contributed by atoms with Crippen LogP contribution in [0.2, 0.25) is 0 Å². The molecule has 2 aromatic carbocycles. The van der Waals surface area contributed by atoms with Crippen molar-refractivity contribution in [2.24, 2.45) is 0 Å². The standard InChI is InChI=1S/C25H32NO10P/c1-4-35-22(27)15-25(37(31,32)33,16-23(28)36-5-2)26-20(24(29)30)14-17-10-12-18(13-11-17)19-8-6-7-9-21(19)34-3/h6-13,20,26H,4-5,14-16H2,1-3H3,(H,29,30)(H2,31,32,33)/t20-/m0/s1. The molecule has 0 aliphatic rings. The van der Waals surface area contributed by atoms with Gasteiger partial charge in [-0.2, -0.15) is 0 Å². The van der Waals surface area contributed by atoms with Crippen molar-refractivity contribution in [2.45, 2.75) is 44.4 Å². The molecule has 0 bridgehead atoms. The van der Waals surface area contributed by atoms with Crippen LogP contribution in [0.3, 0.4) is 0 Å². The number of hydrogen-bond acceptors (Lipinski definition) is 8. The van der Waals surface area contributed by atoms with Crippen LogP contribution >= 0.6 is 7.60 Å². The number of aliphatic carboxylic acids is 1. The molecule has 4 N–H and O–H groups in total. The summed E-state index contributed by atoms with van der Waals surface area (Å²) in [6, 6.07) is 12.7. The average molecular weight is 538 g/mol. The summed E-state index contributed by atoms with van der Waals surface area (Å²) in [7, 11) is -3.76. The lowest BCUT2D eigenvalue weighted by Crippen LogP contribution is -2.56. The average Bonchev–Trinajstić information content (AvgIpc) is 2.83. The zero-order valence-electron chi connectivity index (χ0n) is 20.9. The van der Waals surface area contributed by atoms with E-state index in [0.29, 0.717) is 11.3 Å². The summed E-state index contributed by atoms with van der Waals surface area (Å²) in [5.41, 5.74) is 2.18. The van der Waals surface area contributed by atoms with Crippen LogP contribution < -0.4 is 10.1 Å². The van der Waals surface area contributed by atoms with Crippen molar-refractivity contribution in [3.8, 4) is 16.9 Å². The molecule has 12 heteroatoms. The highest BCUT2D eigenvalue weighted by atomic mass is 31.2. The molecule has 0 aliphatic carbocycles. The minimum Gasteiger partial charge on any atom is -0.496 e. The molecule has 37 heavy (non-hydrogen) atoms. The predicted octanol–water partition coefficient (Wildman–Crippen LogP) is 2.73. The van der Waals surface area contributed by atoms with E-state index in [1.807, 2.05) is 24.3 Å². The Bertz CT molecular complexity index is 1110. The van der Waals surface area contributed by atoms with Gasteiger partial charge in [-0.15, -0.1) is 0 Å². The lowest BCUT2D eigenvalue weighted by Gasteiger charge is -2.36. The Labute approximate surface area is 214 Å². The van der Waals surface area contributed by atoms with Crippen molar-refractivity contribution >= 4 is 25.5 Å². The highest BCUT2D eigenvalue weighted by Crippen LogP contribution is 2.53. The molecule has 0 amide bonds. The number of benzene rings is 2. The predicted molar refractivity (Wildman–Crippen MR) is 134 cm³/mol. The number of ether oxygens (including phenoxy) is 3. The number of methoxy groups -OCH3 is 1. The Morgan fingerprint density at radius 3 is 1.95 bits per heavy atom. The van der Waals surface area contributed by atoms with Crippen molar-refractivity contribution in [2.75, 3.05) is 20.3 Å². The molecule has 2 rings (SSSR count). The second-order valence-corrected chi connectivity index (χ2v) is 10.1. The first kappa shape index (κ1) is 30.0. The van der Waals surface area contributed by atoms with Gasteiger partial charge in [-0.25, -0.2) is 0 Å². The summed E-state index contributed by atoms with van der Waals surface area (Å²) in [5, 5.41) is 9.74. The molecule has 0 fully saturated rings. The number of para-hydroxylation sites is 1. The number of carboxylic acid groups (broad SMARTS) is 1. The minimum absolute atomic E-state index is 0.0730. The number of hydrogen-bond donors (Lipinski definition) is 4. The largest absolute Gasteiger partial charge is 0.496 e. The van der Waals surface area contributed by atoms with Gasteiger partial charge in [-0.3, -0.25) is 24.3 Å².